The molecule has 148 valence electrons. The van der Waals surface area contributed by atoms with Crippen molar-refractivity contribution in [3.05, 3.63) is 66.7 Å². The van der Waals surface area contributed by atoms with E-state index in [1.165, 1.54) is 6.08 Å². The highest BCUT2D eigenvalue weighted by molar-refractivity contribution is 7.92. The highest BCUT2D eigenvalue weighted by Crippen LogP contribution is 2.24. The monoisotopic (exact) mass is 400 g/mol. The van der Waals surface area contributed by atoms with Crippen molar-refractivity contribution in [3.8, 4) is 5.75 Å². The second-order valence-corrected chi connectivity index (χ2v) is 8.48. The van der Waals surface area contributed by atoms with Crippen molar-refractivity contribution in [2.24, 2.45) is 0 Å². The minimum absolute atomic E-state index is 0.0159. The second kappa shape index (κ2) is 8.48. The standard InChI is InChI=1S/C21H24N2O4S/c1-3-21(24)23-13-11-18(12-14-23)27-19-6-4-5-17(15-19)22-28(25,26)20-9-7-16(2)8-10-20/h3-10,15,18,22H,1,11-14H2,2H3. The topological polar surface area (TPSA) is 75.7 Å². The Morgan fingerprint density at radius 2 is 1.86 bits per heavy atom. The molecule has 0 unspecified atom stereocenters. The van der Waals surface area contributed by atoms with Crippen molar-refractivity contribution in [3.63, 3.8) is 0 Å². The fraction of sp³-hybridized carbons (Fsp3) is 0.286. The number of carbonyl (C=O) groups is 1. The summed E-state index contributed by atoms with van der Waals surface area (Å²) in [6.07, 6.45) is 2.75. The van der Waals surface area contributed by atoms with Crippen molar-refractivity contribution in [2.75, 3.05) is 17.8 Å². The van der Waals surface area contributed by atoms with Crippen LogP contribution in [0.2, 0.25) is 0 Å². The summed E-state index contributed by atoms with van der Waals surface area (Å²) in [5.74, 6) is 0.531. The second-order valence-electron chi connectivity index (χ2n) is 6.79. The van der Waals surface area contributed by atoms with Gasteiger partial charge in [-0.25, -0.2) is 8.42 Å². The molecule has 0 atom stereocenters. The number of rotatable bonds is 6. The van der Waals surface area contributed by atoms with E-state index in [-0.39, 0.29) is 16.9 Å². The number of amides is 1. The van der Waals surface area contributed by atoms with Gasteiger partial charge < -0.3 is 9.64 Å². The molecule has 2 aromatic carbocycles. The van der Waals surface area contributed by atoms with Crippen LogP contribution in [0.3, 0.4) is 0 Å². The van der Waals surface area contributed by atoms with Gasteiger partial charge in [-0.3, -0.25) is 9.52 Å². The molecule has 1 fully saturated rings. The lowest BCUT2D eigenvalue weighted by molar-refractivity contribution is -0.127. The Balaban J connectivity index is 1.64. The molecule has 7 heteroatoms. The molecular formula is C21H24N2O4S. The number of ether oxygens (including phenoxy) is 1. The molecule has 1 aliphatic heterocycles. The molecule has 0 bridgehead atoms. The third kappa shape index (κ3) is 4.92. The van der Waals surface area contributed by atoms with Gasteiger partial charge in [-0.2, -0.15) is 0 Å². The molecule has 1 amide bonds. The van der Waals surface area contributed by atoms with Crippen LogP contribution in [-0.2, 0) is 14.8 Å². The van der Waals surface area contributed by atoms with Crippen molar-refractivity contribution >= 4 is 21.6 Å². The number of likely N-dealkylation sites (tertiary alicyclic amines) is 1. The largest absolute Gasteiger partial charge is 0.490 e. The molecule has 3 rings (SSSR count). The predicted octanol–water partition coefficient (Wildman–Crippen LogP) is 3.35. The van der Waals surface area contributed by atoms with Crippen LogP contribution in [0.1, 0.15) is 18.4 Å². The number of benzene rings is 2. The average molecular weight is 401 g/mol. The first-order valence-electron chi connectivity index (χ1n) is 9.15. The predicted molar refractivity (Wildman–Crippen MR) is 109 cm³/mol. The van der Waals surface area contributed by atoms with E-state index < -0.39 is 10.0 Å². The molecule has 1 heterocycles. The normalized spacial score (nSPS) is 15.1. The number of carbonyl (C=O) groups excluding carboxylic acids is 1. The van der Waals surface area contributed by atoms with Gasteiger partial charge in [-0.1, -0.05) is 30.3 Å². The van der Waals surface area contributed by atoms with Crippen LogP contribution >= 0.6 is 0 Å². The van der Waals surface area contributed by atoms with Gasteiger partial charge in [0.2, 0.25) is 5.91 Å². The first-order chi connectivity index (χ1) is 13.4. The van der Waals surface area contributed by atoms with Gasteiger partial charge in [0.1, 0.15) is 11.9 Å². The third-order valence-electron chi connectivity index (χ3n) is 4.65. The van der Waals surface area contributed by atoms with Gasteiger partial charge in [0.25, 0.3) is 10.0 Å². The molecule has 1 aliphatic rings. The number of nitrogens with zero attached hydrogens (tertiary/aromatic N) is 1. The van der Waals surface area contributed by atoms with Gasteiger partial charge in [-0.15, -0.1) is 0 Å². The third-order valence-corrected chi connectivity index (χ3v) is 6.05. The molecule has 28 heavy (non-hydrogen) atoms. The first kappa shape index (κ1) is 19.9. The summed E-state index contributed by atoms with van der Waals surface area (Å²) in [7, 11) is -3.66. The number of hydrogen-bond acceptors (Lipinski definition) is 4. The summed E-state index contributed by atoms with van der Waals surface area (Å²) in [5.41, 5.74) is 1.44. The van der Waals surface area contributed by atoms with Gasteiger partial charge in [0, 0.05) is 32.0 Å². The van der Waals surface area contributed by atoms with E-state index in [1.807, 2.05) is 6.92 Å². The zero-order chi connectivity index (χ0) is 20.1. The minimum atomic E-state index is -3.66. The van der Waals surface area contributed by atoms with E-state index in [9.17, 15) is 13.2 Å². The number of piperidine rings is 1. The molecule has 1 N–H and O–H groups in total. The lowest BCUT2D eigenvalue weighted by Gasteiger charge is -2.31. The van der Waals surface area contributed by atoms with Crippen molar-refractivity contribution in [1.29, 1.82) is 0 Å². The highest BCUT2D eigenvalue weighted by atomic mass is 32.2. The van der Waals surface area contributed by atoms with Crippen LogP contribution in [-0.4, -0.2) is 38.4 Å². The number of aryl methyl sites for hydroxylation is 1. The van der Waals surface area contributed by atoms with Gasteiger partial charge in [0.05, 0.1) is 10.6 Å². The van der Waals surface area contributed by atoms with E-state index in [1.54, 1.807) is 53.4 Å². The Kier molecular flexibility index (Phi) is 6.04. The number of anilines is 1. The molecule has 6 nitrogen and oxygen atoms in total. The highest BCUT2D eigenvalue weighted by Gasteiger charge is 2.22. The molecule has 2 aromatic rings. The maximum absolute atomic E-state index is 12.5. The molecule has 0 spiro atoms. The summed E-state index contributed by atoms with van der Waals surface area (Å²) >= 11 is 0. The summed E-state index contributed by atoms with van der Waals surface area (Å²) in [6, 6.07) is 13.6. The lowest BCUT2D eigenvalue weighted by Crippen LogP contribution is -2.41. The number of nitrogens with one attached hydrogen (secondary N) is 1. The maximum Gasteiger partial charge on any atom is 0.261 e. The Morgan fingerprint density at radius 1 is 1.18 bits per heavy atom. The summed E-state index contributed by atoms with van der Waals surface area (Å²) in [6.45, 7) is 6.65. The fourth-order valence-electron chi connectivity index (χ4n) is 3.08. The Hall–Kier alpha value is -2.80. The zero-order valence-electron chi connectivity index (χ0n) is 15.8. The van der Waals surface area contributed by atoms with Crippen LogP contribution in [0.4, 0.5) is 5.69 Å². The Bertz CT molecular complexity index is 947. The van der Waals surface area contributed by atoms with Gasteiger partial charge >= 0.3 is 0 Å². The van der Waals surface area contributed by atoms with Gasteiger partial charge in [-0.05, 0) is 37.3 Å². The van der Waals surface area contributed by atoms with Crippen LogP contribution < -0.4 is 9.46 Å². The molecule has 0 aromatic heterocycles. The zero-order valence-corrected chi connectivity index (χ0v) is 16.6. The van der Waals surface area contributed by atoms with Crippen LogP contribution in [0.15, 0.2) is 66.1 Å². The first-order valence-corrected chi connectivity index (χ1v) is 10.6. The molecule has 0 saturated carbocycles. The van der Waals surface area contributed by atoms with Crippen molar-refractivity contribution in [1.82, 2.24) is 4.90 Å². The Labute approximate surface area is 165 Å². The van der Waals surface area contributed by atoms with Gasteiger partial charge in [0.15, 0.2) is 0 Å². The number of hydrogen-bond donors (Lipinski definition) is 1. The fourth-order valence-corrected chi connectivity index (χ4v) is 4.13. The summed E-state index contributed by atoms with van der Waals surface area (Å²) < 4.78 is 33.7. The van der Waals surface area contributed by atoms with Crippen molar-refractivity contribution in [2.45, 2.75) is 30.8 Å². The molecular weight excluding hydrogens is 376 g/mol. The SMILES string of the molecule is C=CC(=O)N1CCC(Oc2cccc(NS(=O)(=O)c3ccc(C)cc3)c2)CC1. The van der Waals surface area contributed by atoms with Crippen LogP contribution in [0.5, 0.6) is 5.75 Å². The van der Waals surface area contributed by atoms with E-state index in [0.29, 0.717) is 24.5 Å². The Morgan fingerprint density at radius 3 is 2.50 bits per heavy atom. The maximum atomic E-state index is 12.5. The quantitative estimate of drug-likeness (QED) is 0.755. The van der Waals surface area contributed by atoms with Crippen LogP contribution in [0, 0.1) is 6.92 Å². The smallest absolute Gasteiger partial charge is 0.261 e. The molecule has 1 saturated heterocycles. The van der Waals surface area contributed by atoms with Crippen LogP contribution in [0.25, 0.3) is 0 Å². The summed E-state index contributed by atoms with van der Waals surface area (Å²) in [5, 5.41) is 0. The lowest BCUT2D eigenvalue weighted by atomic mass is 10.1. The van der Waals surface area contributed by atoms with Crippen molar-refractivity contribution < 1.29 is 17.9 Å². The van der Waals surface area contributed by atoms with E-state index >= 15 is 0 Å². The van der Waals surface area contributed by atoms with E-state index in [4.69, 9.17) is 4.74 Å². The average Bonchev–Trinajstić information content (AvgIpc) is 2.68. The summed E-state index contributed by atoms with van der Waals surface area (Å²) in [4.78, 5) is 13.6. The number of sulfonamides is 1. The molecule has 0 radical (unpaired) electrons. The van der Waals surface area contributed by atoms with E-state index in [2.05, 4.69) is 11.3 Å². The molecule has 0 aliphatic carbocycles. The van der Waals surface area contributed by atoms with E-state index in [0.717, 1.165) is 18.4 Å². The minimum Gasteiger partial charge on any atom is -0.490 e.